The van der Waals surface area contributed by atoms with Crippen LogP contribution < -0.4 is 16.0 Å². The Morgan fingerprint density at radius 3 is 2.81 bits per heavy atom. The Hall–Kier alpha value is -3.32. The Balaban J connectivity index is 1.39. The number of ether oxygens (including phenoxy) is 1. The van der Waals surface area contributed by atoms with E-state index in [2.05, 4.69) is 28.9 Å². The van der Waals surface area contributed by atoms with E-state index in [1.807, 2.05) is 49.4 Å². The zero-order valence-corrected chi connectivity index (χ0v) is 18.6. The molecule has 0 spiro atoms. The summed E-state index contributed by atoms with van der Waals surface area (Å²) in [7, 11) is 0. The Morgan fingerprint density at radius 2 is 2.03 bits per heavy atom. The lowest BCUT2D eigenvalue weighted by Crippen LogP contribution is -2.36. The number of rotatable bonds is 7. The lowest BCUT2D eigenvalue weighted by Gasteiger charge is -2.12. The third-order valence-electron chi connectivity index (χ3n) is 5.54. The van der Waals surface area contributed by atoms with Gasteiger partial charge in [-0.05, 0) is 50.5 Å². The smallest absolute Gasteiger partial charge is 0.253 e. The molecule has 1 aliphatic heterocycles. The minimum Gasteiger partial charge on any atom is -0.459 e. The summed E-state index contributed by atoms with van der Waals surface area (Å²) in [6, 6.07) is 15.8. The second-order valence-corrected chi connectivity index (χ2v) is 7.89. The molecule has 32 heavy (non-hydrogen) atoms. The zero-order valence-electron chi connectivity index (χ0n) is 18.6. The molecule has 7 heteroatoms. The first-order valence-electron chi connectivity index (χ1n) is 11.1. The van der Waals surface area contributed by atoms with Crippen molar-refractivity contribution in [3.05, 3.63) is 65.4 Å². The van der Waals surface area contributed by atoms with E-state index in [1.54, 1.807) is 0 Å². The molecule has 1 aromatic heterocycles. The van der Waals surface area contributed by atoms with Gasteiger partial charge in [0.25, 0.3) is 5.91 Å². The van der Waals surface area contributed by atoms with E-state index in [1.165, 1.54) is 0 Å². The van der Waals surface area contributed by atoms with Gasteiger partial charge in [-0.1, -0.05) is 30.3 Å². The monoisotopic (exact) mass is 434 g/mol. The number of nitrogens with one attached hydrogen (secondary N) is 3. The Bertz CT molecular complexity index is 1100. The number of hydrogen-bond donors (Lipinski definition) is 3. The van der Waals surface area contributed by atoms with E-state index in [0.717, 1.165) is 52.9 Å². The van der Waals surface area contributed by atoms with Crippen LogP contribution >= 0.6 is 0 Å². The predicted molar refractivity (Wildman–Crippen MR) is 127 cm³/mol. The van der Waals surface area contributed by atoms with Crippen molar-refractivity contribution < 1.29 is 13.9 Å². The zero-order chi connectivity index (χ0) is 22.3. The van der Waals surface area contributed by atoms with Gasteiger partial charge < -0.3 is 25.1 Å². The Labute approximate surface area is 188 Å². The molecule has 0 saturated carbocycles. The average Bonchev–Trinajstić information content (AvgIpc) is 3.45. The van der Waals surface area contributed by atoms with Crippen LogP contribution in [0, 0.1) is 6.92 Å². The predicted octanol–water partition coefficient (Wildman–Crippen LogP) is 4.11. The molecule has 3 N–H and O–H groups in total. The van der Waals surface area contributed by atoms with Crippen LogP contribution in [0.2, 0.25) is 0 Å². The number of amides is 1. The van der Waals surface area contributed by atoms with E-state index in [9.17, 15) is 4.79 Å². The number of fused-ring (bicyclic) bond motifs is 1. The van der Waals surface area contributed by atoms with Gasteiger partial charge in [-0.25, -0.2) is 4.99 Å². The lowest BCUT2D eigenvalue weighted by atomic mass is 10.1. The molecule has 0 radical (unpaired) electrons. The summed E-state index contributed by atoms with van der Waals surface area (Å²) >= 11 is 0. The van der Waals surface area contributed by atoms with E-state index in [4.69, 9.17) is 14.1 Å². The number of benzene rings is 2. The van der Waals surface area contributed by atoms with Crippen LogP contribution in [0.1, 0.15) is 36.7 Å². The second-order valence-electron chi connectivity index (χ2n) is 7.89. The van der Waals surface area contributed by atoms with Gasteiger partial charge >= 0.3 is 0 Å². The summed E-state index contributed by atoms with van der Waals surface area (Å²) in [5.74, 6) is 1.52. The van der Waals surface area contributed by atoms with Gasteiger partial charge in [-0.2, -0.15) is 0 Å². The highest BCUT2D eigenvalue weighted by atomic mass is 16.5. The number of guanidine groups is 1. The molecule has 1 atom stereocenters. The van der Waals surface area contributed by atoms with Crippen molar-refractivity contribution in [1.29, 1.82) is 0 Å². The minimum atomic E-state index is -0.345. The summed E-state index contributed by atoms with van der Waals surface area (Å²) in [5.41, 5.74) is 3.80. The number of furan rings is 1. The minimum absolute atomic E-state index is 0.0839. The van der Waals surface area contributed by atoms with Gasteiger partial charge in [0, 0.05) is 29.8 Å². The van der Waals surface area contributed by atoms with Crippen LogP contribution in [0.25, 0.3) is 11.0 Å². The number of aryl methyl sites for hydroxylation is 1. The quantitative estimate of drug-likeness (QED) is 0.385. The van der Waals surface area contributed by atoms with Crippen molar-refractivity contribution in [2.24, 2.45) is 4.99 Å². The maximum atomic E-state index is 12.3. The number of anilines is 1. The van der Waals surface area contributed by atoms with Gasteiger partial charge in [-0.3, -0.25) is 4.79 Å². The molecular weight excluding hydrogens is 404 g/mol. The molecular formula is C25H30N4O3. The number of para-hydroxylation sites is 1. The van der Waals surface area contributed by atoms with E-state index in [-0.39, 0.29) is 12.0 Å². The molecule has 1 amide bonds. The van der Waals surface area contributed by atoms with Gasteiger partial charge in [0.15, 0.2) is 5.96 Å². The highest BCUT2D eigenvalue weighted by molar-refractivity contribution is 5.94. The molecule has 0 aliphatic carbocycles. The largest absolute Gasteiger partial charge is 0.459 e. The van der Waals surface area contributed by atoms with Crippen molar-refractivity contribution in [3.63, 3.8) is 0 Å². The summed E-state index contributed by atoms with van der Waals surface area (Å²) in [6.07, 6.45) is 1.36. The number of nitrogens with zero attached hydrogens (tertiary/aromatic N) is 1. The molecule has 1 aliphatic rings. The number of carbonyl (C=O) groups is 1. The van der Waals surface area contributed by atoms with E-state index < -0.39 is 0 Å². The fourth-order valence-corrected chi connectivity index (χ4v) is 3.82. The summed E-state index contributed by atoms with van der Waals surface area (Å²) < 4.78 is 11.4. The Kier molecular flexibility index (Phi) is 7.07. The summed E-state index contributed by atoms with van der Waals surface area (Å²) in [4.78, 5) is 17.0. The maximum Gasteiger partial charge on any atom is 0.253 e. The molecule has 2 aromatic carbocycles. The molecule has 7 nitrogen and oxygen atoms in total. The maximum absolute atomic E-state index is 12.3. The molecule has 0 bridgehead atoms. The lowest BCUT2D eigenvalue weighted by molar-refractivity contribution is -0.124. The van der Waals surface area contributed by atoms with Crippen molar-refractivity contribution in [1.82, 2.24) is 10.6 Å². The number of aliphatic imine (C=N–C) groups is 1. The first kappa shape index (κ1) is 21.9. The van der Waals surface area contributed by atoms with Crippen molar-refractivity contribution in [2.45, 2.75) is 45.9 Å². The highest BCUT2D eigenvalue weighted by Gasteiger charge is 2.23. The SMILES string of the molecule is CCNC(=NCc1cccc(NC(=O)C2CCCO2)c1)NCc1oc2ccccc2c1C. The van der Waals surface area contributed by atoms with Crippen molar-refractivity contribution in [3.8, 4) is 0 Å². The summed E-state index contributed by atoms with van der Waals surface area (Å²) in [5, 5.41) is 10.7. The molecule has 1 unspecified atom stereocenters. The highest BCUT2D eigenvalue weighted by Crippen LogP contribution is 2.24. The molecule has 1 saturated heterocycles. The Morgan fingerprint density at radius 1 is 1.16 bits per heavy atom. The van der Waals surface area contributed by atoms with Crippen LogP contribution in [-0.2, 0) is 22.6 Å². The molecule has 2 heterocycles. The average molecular weight is 435 g/mol. The third-order valence-corrected chi connectivity index (χ3v) is 5.54. The van der Waals surface area contributed by atoms with Gasteiger partial charge in [0.1, 0.15) is 17.4 Å². The van der Waals surface area contributed by atoms with Gasteiger partial charge in [0.2, 0.25) is 0 Å². The van der Waals surface area contributed by atoms with E-state index in [0.29, 0.717) is 25.7 Å². The van der Waals surface area contributed by atoms with Crippen LogP contribution in [-0.4, -0.2) is 31.1 Å². The molecule has 168 valence electrons. The topological polar surface area (TPSA) is 87.9 Å². The summed E-state index contributed by atoms with van der Waals surface area (Å²) in [6.45, 7) is 6.54. The first-order valence-corrected chi connectivity index (χ1v) is 11.1. The number of hydrogen-bond acceptors (Lipinski definition) is 4. The molecule has 3 aromatic rings. The fraction of sp³-hybridized carbons (Fsp3) is 0.360. The van der Waals surface area contributed by atoms with E-state index >= 15 is 0 Å². The van der Waals surface area contributed by atoms with Crippen LogP contribution in [0.4, 0.5) is 5.69 Å². The molecule has 1 fully saturated rings. The second kappa shape index (κ2) is 10.3. The normalized spacial score (nSPS) is 16.3. The molecule has 4 rings (SSSR count). The van der Waals surface area contributed by atoms with Crippen molar-refractivity contribution in [2.75, 3.05) is 18.5 Å². The van der Waals surface area contributed by atoms with Crippen LogP contribution in [0.5, 0.6) is 0 Å². The van der Waals surface area contributed by atoms with Crippen molar-refractivity contribution >= 4 is 28.5 Å². The fourth-order valence-electron chi connectivity index (χ4n) is 3.82. The van der Waals surface area contributed by atoms with Crippen LogP contribution in [0.3, 0.4) is 0 Å². The number of carbonyl (C=O) groups excluding carboxylic acids is 1. The van der Waals surface area contributed by atoms with Crippen LogP contribution in [0.15, 0.2) is 57.9 Å². The van der Waals surface area contributed by atoms with Gasteiger partial charge in [-0.15, -0.1) is 0 Å². The first-order chi connectivity index (χ1) is 15.6. The third kappa shape index (κ3) is 5.29. The van der Waals surface area contributed by atoms with Gasteiger partial charge in [0.05, 0.1) is 13.1 Å². The standard InChI is InChI=1S/C25H30N4O3/c1-3-26-25(28-16-23-17(2)20-10-4-5-11-21(20)32-23)27-15-18-8-6-9-19(14-18)29-24(30)22-12-7-13-31-22/h4-6,8-11,14,22H,3,7,12-13,15-16H2,1-2H3,(H,29,30)(H2,26,27,28).